The summed E-state index contributed by atoms with van der Waals surface area (Å²) in [6.45, 7) is 10.4. The van der Waals surface area contributed by atoms with Crippen molar-refractivity contribution in [2.75, 3.05) is 6.54 Å². The second-order valence-corrected chi connectivity index (χ2v) is 13.1. The molecule has 1 aromatic heterocycles. The zero-order valence-corrected chi connectivity index (χ0v) is 22.8. The van der Waals surface area contributed by atoms with Gasteiger partial charge in [-0.1, -0.05) is 52.3 Å². The lowest BCUT2D eigenvalue weighted by Crippen LogP contribution is -2.51. The molecule has 5 rings (SSSR count). The van der Waals surface area contributed by atoms with Crippen molar-refractivity contribution in [3.63, 3.8) is 0 Å². The van der Waals surface area contributed by atoms with Gasteiger partial charge in [0.15, 0.2) is 0 Å². The molecule has 0 bridgehead atoms. The predicted octanol–water partition coefficient (Wildman–Crippen LogP) is 7.48. The standard InChI is InChI=1S/C20H31N.C8H7BrO2S/c1-14(2)15-6-8-17-16(12-15)7-9-18-19(3,13-21)10-5-11-20(17,18)4;9-4-1-7(12-3-4)5-2-6(5)8(10)11/h6,8,12,14,18H,5,7,9-11,13,21H2,1-4H3;1,3,5-6H,2H2,(H,10,11)/t18-,19-,20+;5-,6?/m01/s1. The fourth-order valence-corrected chi connectivity index (χ4v) is 8.18. The number of nitrogens with two attached hydrogens (primary N) is 1. The van der Waals surface area contributed by atoms with Crippen LogP contribution in [-0.2, 0) is 16.6 Å². The quantitative estimate of drug-likeness (QED) is 0.429. The first-order valence-corrected chi connectivity index (χ1v) is 14.1. The first-order valence-electron chi connectivity index (χ1n) is 12.4. The zero-order chi connectivity index (χ0) is 24.0. The molecule has 3 aliphatic carbocycles. The lowest BCUT2D eigenvalue weighted by atomic mass is 9.50. The molecule has 2 saturated carbocycles. The SMILES string of the molecule is CC(C)c1ccc2c(c1)CC[C@H]1[C@](C)(CN)CCC[C@]21C.O=C(O)C1C[C@H]1c1cc(Br)cs1. The number of hydrogen-bond acceptors (Lipinski definition) is 3. The van der Waals surface area contributed by atoms with Crippen LogP contribution in [-0.4, -0.2) is 17.6 Å². The first kappa shape index (κ1) is 24.9. The highest BCUT2D eigenvalue weighted by atomic mass is 79.9. The highest BCUT2D eigenvalue weighted by molar-refractivity contribution is 9.10. The van der Waals surface area contributed by atoms with Crippen molar-refractivity contribution in [3.05, 3.63) is 55.7 Å². The number of aryl methyl sites for hydroxylation is 1. The number of carboxylic acids is 1. The Morgan fingerprint density at radius 3 is 2.61 bits per heavy atom. The molecule has 2 aromatic rings. The van der Waals surface area contributed by atoms with Crippen molar-refractivity contribution in [1.29, 1.82) is 0 Å². The van der Waals surface area contributed by atoms with Gasteiger partial charge in [0, 0.05) is 20.6 Å². The number of thiophene rings is 1. The summed E-state index contributed by atoms with van der Waals surface area (Å²) in [5.74, 6) is 0.863. The highest BCUT2D eigenvalue weighted by Gasteiger charge is 2.51. The van der Waals surface area contributed by atoms with Crippen LogP contribution in [0.1, 0.15) is 93.2 Å². The molecule has 2 fully saturated rings. The van der Waals surface area contributed by atoms with Crippen molar-refractivity contribution in [1.82, 2.24) is 0 Å². The number of carbonyl (C=O) groups is 1. The number of hydrogen-bond donors (Lipinski definition) is 2. The van der Waals surface area contributed by atoms with Crippen LogP contribution in [0.5, 0.6) is 0 Å². The molecule has 3 N–H and O–H groups in total. The molecule has 0 saturated heterocycles. The fraction of sp³-hybridized carbons (Fsp3) is 0.607. The van der Waals surface area contributed by atoms with Gasteiger partial charge in [-0.15, -0.1) is 11.3 Å². The van der Waals surface area contributed by atoms with Crippen LogP contribution in [0.15, 0.2) is 34.1 Å². The molecule has 0 amide bonds. The van der Waals surface area contributed by atoms with Crippen molar-refractivity contribution >= 4 is 33.2 Å². The molecule has 1 unspecified atom stereocenters. The Bertz CT molecular complexity index is 1020. The normalized spacial score (nSPS) is 32.4. The first-order chi connectivity index (χ1) is 15.6. The van der Waals surface area contributed by atoms with Gasteiger partial charge in [-0.05, 0) is 100 Å². The Hall–Kier alpha value is -1.17. The molecule has 1 aromatic carbocycles. The Kier molecular flexibility index (Phi) is 7.15. The summed E-state index contributed by atoms with van der Waals surface area (Å²) in [7, 11) is 0. The van der Waals surface area contributed by atoms with Crippen LogP contribution >= 0.6 is 27.3 Å². The van der Waals surface area contributed by atoms with E-state index in [-0.39, 0.29) is 11.8 Å². The van der Waals surface area contributed by atoms with E-state index in [0.29, 0.717) is 16.7 Å². The van der Waals surface area contributed by atoms with Gasteiger partial charge in [-0.3, -0.25) is 4.79 Å². The van der Waals surface area contributed by atoms with E-state index in [1.54, 1.807) is 22.5 Å². The van der Waals surface area contributed by atoms with E-state index >= 15 is 0 Å². The average Bonchev–Trinajstić information content (AvgIpc) is 3.47. The third kappa shape index (κ3) is 4.83. The van der Waals surface area contributed by atoms with Crippen molar-refractivity contribution < 1.29 is 9.90 Å². The summed E-state index contributed by atoms with van der Waals surface area (Å²) in [4.78, 5) is 11.7. The molecule has 5 heteroatoms. The molecule has 1 heterocycles. The van der Waals surface area contributed by atoms with Gasteiger partial charge in [0.1, 0.15) is 0 Å². The average molecular weight is 533 g/mol. The summed E-state index contributed by atoms with van der Waals surface area (Å²) >= 11 is 4.98. The van der Waals surface area contributed by atoms with Gasteiger partial charge < -0.3 is 10.8 Å². The van der Waals surface area contributed by atoms with E-state index in [1.165, 1.54) is 42.5 Å². The maximum atomic E-state index is 10.5. The maximum Gasteiger partial charge on any atom is 0.307 e. The number of rotatable bonds is 4. The van der Waals surface area contributed by atoms with Crippen LogP contribution in [0.4, 0.5) is 0 Å². The number of fused-ring (bicyclic) bond motifs is 3. The molecule has 0 radical (unpaired) electrons. The Balaban J connectivity index is 0.000000183. The molecular weight excluding hydrogens is 494 g/mol. The van der Waals surface area contributed by atoms with E-state index in [9.17, 15) is 4.79 Å². The summed E-state index contributed by atoms with van der Waals surface area (Å²) in [5.41, 5.74) is 11.6. The topological polar surface area (TPSA) is 63.3 Å². The van der Waals surface area contributed by atoms with Gasteiger partial charge in [-0.2, -0.15) is 0 Å². The largest absolute Gasteiger partial charge is 0.481 e. The van der Waals surface area contributed by atoms with Crippen LogP contribution in [0.3, 0.4) is 0 Å². The zero-order valence-electron chi connectivity index (χ0n) is 20.4. The Morgan fingerprint density at radius 1 is 1.27 bits per heavy atom. The molecule has 33 heavy (non-hydrogen) atoms. The molecule has 3 nitrogen and oxygen atoms in total. The molecule has 5 atom stereocenters. The monoisotopic (exact) mass is 531 g/mol. The number of aliphatic carboxylic acids is 1. The Morgan fingerprint density at radius 2 is 2.03 bits per heavy atom. The Labute approximate surface area is 211 Å². The minimum Gasteiger partial charge on any atom is -0.481 e. The molecule has 3 aliphatic rings. The number of halogens is 1. The van der Waals surface area contributed by atoms with Crippen molar-refractivity contribution in [3.8, 4) is 0 Å². The number of carboxylic acid groups (broad SMARTS) is 1. The minimum atomic E-state index is -0.662. The van der Waals surface area contributed by atoms with Crippen molar-refractivity contribution in [2.45, 2.75) is 83.5 Å². The third-order valence-electron chi connectivity index (χ3n) is 8.70. The highest BCUT2D eigenvalue weighted by Crippen LogP contribution is 2.57. The lowest BCUT2D eigenvalue weighted by Gasteiger charge is -2.55. The smallest absolute Gasteiger partial charge is 0.307 e. The van der Waals surface area contributed by atoms with E-state index in [4.69, 9.17) is 10.8 Å². The molecule has 0 spiro atoms. The van der Waals surface area contributed by atoms with Crippen molar-refractivity contribution in [2.24, 2.45) is 23.0 Å². The number of benzene rings is 1. The van der Waals surface area contributed by atoms with Crippen LogP contribution in [0.2, 0.25) is 0 Å². The van der Waals surface area contributed by atoms with Crippen LogP contribution in [0.25, 0.3) is 0 Å². The summed E-state index contributed by atoms with van der Waals surface area (Å²) < 4.78 is 1.05. The van der Waals surface area contributed by atoms with E-state index in [1.807, 2.05) is 11.4 Å². The van der Waals surface area contributed by atoms with Crippen LogP contribution < -0.4 is 5.73 Å². The van der Waals surface area contributed by atoms with Gasteiger partial charge >= 0.3 is 5.97 Å². The van der Waals surface area contributed by atoms with E-state index in [0.717, 1.165) is 23.4 Å². The van der Waals surface area contributed by atoms with Gasteiger partial charge in [0.05, 0.1) is 5.92 Å². The minimum absolute atomic E-state index is 0.129. The van der Waals surface area contributed by atoms with Gasteiger partial charge in [-0.25, -0.2) is 0 Å². The second-order valence-electron chi connectivity index (χ2n) is 11.2. The summed E-state index contributed by atoms with van der Waals surface area (Å²) in [6.07, 6.45) is 7.34. The second kappa shape index (κ2) is 9.47. The maximum absolute atomic E-state index is 10.5. The van der Waals surface area contributed by atoms with Gasteiger partial charge in [0.2, 0.25) is 0 Å². The summed E-state index contributed by atoms with van der Waals surface area (Å²) in [6, 6.07) is 9.30. The van der Waals surface area contributed by atoms with Crippen LogP contribution in [0, 0.1) is 17.3 Å². The predicted molar refractivity (Wildman–Crippen MR) is 141 cm³/mol. The van der Waals surface area contributed by atoms with E-state index in [2.05, 4.69) is 61.8 Å². The third-order valence-corrected chi connectivity index (χ3v) is 10.5. The lowest BCUT2D eigenvalue weighted by molar-refractivity contribution is -0.138. The molecule has 180 valence electrons. The van der Waals surface area contributed by atoms with Gasteiger partial charge in [0.25, 0.3) is 0 Å². The molecular formula is C28H38BrNO2S. The fourth-order valence-electron chi connectivity index (χ4n) is 6.55. The van der Waals surface area contributed by atoms with E-state index < -0.39 is 5.97 Å². The summed E-state index contributed by atoms with van der Waals surface area (Å²) in [5, 5.41) is 10.7. The molecule has 0 aliphatic heterocycles.